The molecule has 70 valence electrons. The van der Waals surface area contributed by atoms with Crippen molar-refractivity contribution in [2.24, 2.45) is 0 Å². The highest BCUT2D eigenvalue weighted by Crippen LogP contribution is 2.20. The summed E-state index contributed by atoms with van der Waals surface area (Å²) in [5.74, 6) is -3.17. The zero-order valence-corrected chi connectivity index (χ0v) is 5.97. The summed E-state index contributed by atoms with van der Waals surface area (Å²) in [4.78, 5) is 20.1. The van der Waals surface area contributed by atoms with Crippen molar-refractivity contribution in [1.82, 2.24) is 5.32 Å². The van der Waals surface area contributed by atoms with Gasteiger partial charge in [0.15, 0.2) is 0 Å². The van der Waals surface area contributed by atoms with Crippen molar-refractivity contribution >= 4 is 11.9 Å². The number of hydrogen-bond acceptors (Lipinski definition) is 2. The van der Waals surface area contributed by atoms with Crippen LogP contribution in [0.2, 0.25) is 0 Å². The molecule has 7 heteroatoms. The number of carboxylic acid groups (broad SMARTS) is 1. The fourth-order valence-electron chi connectivity index (χ4n) is 0.487. The molecule has 0 saturated carbocycles. The van der Waals surface area contributed by atoms with Crippen LogP contribution in [0.3, 0.4) is 0 Å². The van der Waals surface area contributed by atoms with E-state index in [1.807, 2.05) is 0 Å². The van der Waals surface area contributed by atoms with Gasteiger partial charge in [0.1, 0.15) is 0 Å². The number of carboxylic acids is 1. The van der Waals surface area contributed by atoms with Crippen LogP contribution in [-0.2, 0) is 9.59 Å². The highest BCUT2D eigenvalue weighted by Gasteiger charge is 2.45. The second-order valence-corrected chi connectivity index (χ2v) is 2.01. The van der Waals surface area contributed by atoms with Crippen LogP contribution < -0.4 is 5.32 Å². The Hall–Kier alpha value is -1.27. The molecule has 12 heavy (non-hydrogen) atoms. The lowest BCUT2D eigenvalue weighted by molar-refractivity contribution is -0.181. The highest BCUT2D eigenvalue weighted by atomic mass is 19.4. The van der Waals surface area contributed by atoms with Crippen molar-refractivity contribution in [3.63, 3.8) is 0 Å². The quantitative estimate of drug-likeness (QED) is 0.642. The van der Waals surface area contributed by atoms with E-state index in [2.05, 4.69) is 0 Å². The van der Waals surface area contributed by atoms with Gasteiger partial charge in [0.05, 0.1) is 0 Å². The van der Waals surface area contributed by atoms with E-state index in [1.54, 1.807) is 0 Å². The molecular weight excluding hydrogens is 179 g/mol. The van der Waals surface area contributed by atoms with Gasteiger partial charge in [-0.15, -0.1) is 0 Å². The normalized spacial score (nSPS) is 13.7. The first-order valence-corrected chi connectivity index (χ1v) is 2.81. The maximum absolute atomic E-state index is 11.7. The summed E-state index contributed by atoms with van der Waals surface area (Å²) in [6, 6.07) is -2.82. The topological polar surface area (TPSA) is 66.4 Å². The van der Waals surface area contributed by atoms with Crippen molar-refractivity contribution in [2.75, 3.05) is 0 Å². The number of nitrogens with one attached hydrogen (secondary N) is 1. The minimum atomic E-state index is -4.96. The Morgan fingerprint density at radius 2 is 1.83 bits per heavy atom. The van der Waals surface area contributed by atoms with E-state index in [-0.39, 0.29) is 0 Å². The molecule has 2 N–H and O–H groups in total. The number of alkyl halides is 3. The zero-order valence-electron chi connectivity index (χ0n) is 5.97. The predicted octanol–water partition coefficient (Wildman–Crippen LogP) is 0.138. The maximum atomic E-state index is 11.7. The van der Waals surface area contributed by atoms with Crippen LogP contribution >= 0.6 is 0 Å². The first-order valence-electron chi connectivity index (χ1n) is 2.81. The van der Waals surface area contributed by atoms with Gasteiger partial charge < -0.3 is 10.4 Å². The molecular formula is C5H6F3NO3. The van der Waals surface area contributed by atoms with Crippen LogP contribution in [0.25, 0.3) is 0 Å². The lowest BCUT2D eigenvalue weighted by atomic mass is 10.3. The fraction of sp³-hybridized carbons (Fsp3) is 0.600. The molecule has 0 rings (SSSR count). The SMILES string of the molecule is CC(=O)N[C@@H](C(=O)O)C(F)(F)F. The number of rotatable bonds is 2. The molecule has 0 aliphatic heterocycles. The molecule has 0 radical (unpaired) electrons. The Kier molecular flexibility index (Phi) is 3.06. The Labute approximate surface area is 65.4 Å². The van der Waals surface area contributed by atoms with Crippen LogP contribution in [0.15, 0.2) is 0 Å². The van der Waals surface area contributed by atoms with Gasteiger partial charge >= 0.3 is 12.1 Å². The van der Waals surface area contributed by atoms with Crippen molar-refractivity contribution in [3.8, 4) is 0 Å². The number of aliphatic carboxylic acids is 1. The smallest absolute Gasteiger partial charge is 0.419 e. The van der Waals surface area contributed by atoms with E-state index in [9.17, 15) is 22.8 Å². The van der Waals surface area contributed by atoms with Crippen LogP contribution in [0.5, 0.6) is 0 Å². The minimum absolute atomic E-state index is 0.807. The molecule has 1 atom stereocenters. The standard InChI is InChI=1S/C5H6F3NO3/c1-2(10)9-3(4(11)12)5(6,7)8/h3H,1H3,(H,9,10)(H,11,12)/t3-/m0/s1. The van der Waals surface area contributed by atoms with Gasteiger partial charge in [-0.05, 0) is 0 Å². The molecule has 0 heterocycles. The number of carbonyl (C=O) groups excluding carboxylic acids is 1. The second-order valence-electron chi connectivity index (χ2n) is 2.01. The molecule has 0 spiro atoms. The molecule has 0 unspecified atom stereocenters. The first kappa shape index (κ1) is 10.7. The molecule has 0 aromatic heterocycles. The van der Waals surface area contributed by atoms with Crippen LogP contribution in [-0.4, -0.2) is 29.2 Å². The van der Waals surface area contributed by atoms with Crippen LogP contribution in [0.4, 0.5) is 13.2 Å². The van der Waals surface area contributed by atoms with Gasteiger partial charge in [-0.25, -0.2) is 4.79 Å². The summed E-state index contributed by atoms with van der Waals surface area (Å²) < 4.78 is 35.2. The molecule has 0 aliphatic rings. The molecule has 0 aromatic rings. The number of hydrogen-bond donors (Lipinski definition) is 2. The summed E-state index contributed by atoms with van der Waals surface area (Å²) in [6.45, 7) is 0.807. The Morgan fingerprint density at radius 3 is 1.92 bits per heavy atom. The predicted molar refractivity (Wildman–Crippen MR) is 31.3 cm³/mol. The number of halogens is 3. The third-order valence-electron chi connectivity index (χ3n) is 0.922. The second kappa shape index (κ2) is 3.42. The minimum Gasteiger partial charge on any atom is -0.479 e. The van der Waals surface area contributed by atoms with E-state index in [0.717, 1.165) is 6.92 Å². The van der Waals surface area contributed by atoms with Crippen LogP contribution in [0.1, 0.15) is 6.92 Å². The summed E-state index contributed by atoms with van der Waals surface area (Å²) in [5, 5.41) is 9.28. The largest absolute Gasteiger partial charge is 0.479 e. The average Bonchev–Trinajstić information content (AvgIpc) is 1.79. The monoisotopic (exact) mass is 185 g/mol. The summed E-state index contributed by atoms with van der Waals surface area (Å²) in [6.07, 6.45) is -4.96. The Morgan fingerprint density at radius 1 is 1.42 bits per heavy atom. The Bertz CT molecular complexity index is 201. The van der Waals surface area contributed by atoms with E-state index in [1.165, 1.54) is 5.32 Å². The average molecular weight is 185 g/mol. The summed E-state index contributed by atoms with van der Waals surface area (Å²) >= 11 is 0. The molecule has 0 saturated heterocycles. The Balaban J connectivity index is 4.46. The fourth-order valence-corrected chi connectivity index (χ4v) is 0.487. The molecule has 0 bridgehead atoms. The van der Waals surface area contributed by atoms with E-state index in [0.29, 0.717) is 0 Å². The van der Waals surface area contributed by atoms with Gasteiger partial charge in [-0.1, -0.05) is 0 Å². The zero-order chi connectivity index (χ0) is 9.94. The maximum Gasteiger partial charge on any atom is 0.419 e. The van der Waals surface area contributed by atoms with E-state index in [4.69, 9.17) is 5.11 Å². The molecule has 1 amide bonds. The van der Waals surface area contributed by atoms with Gasteiger partial charge in [0, 0.05) is 6.92 Å². The lowest BCUT2D eigenvalue weighted by Crippen LogP contribution is -2.49. The van der Waals surface area contributed by atoms with E-state index >= 15 is 0 Å². The summed E-state index contributed by atoms with van der Waals surface area (Å²) in [7, 11) is 0. The molecule has 0 aromatic carbocycles. The molecule has 4 nitrogen and oxygen atoms in total. The lowest BCUT2D eigenvalue weighted by Gasteiger charge is -2.15. The van der Waals surface area contributed by atoms with Crippen molar-refractivity contribution in [3.05, 3.63) is 0 Å². The van der Waals surface area contributed by atoms with Gasteiger partial charge in [-0.2, -0.15) is 13.2 Å². The molecule has 0 fully saturated rings. The van der Waals surface area contributed by atoms with Gasteiger partial charge in [0.25, 0.3) is 0 Å². The third kappa shape index (κ3) is 3.22. The van der Waals surface area contributed by atoms with Gasteiger partial charge in [-0.3, -0.25) is 4.79 Å². The van der Waals surface area contributed by atoms with Crippen molar-refractivity contribution < 1.29 is 27.9 Å². The van der Waals surface area contributed by atoms with Gasteiger partial charge in [0.2, 0.25) is 11.9 Å². The summed E-state index contributed by atoms with van der Waals surface area (Å²) in [5.41, 5.74) is 0. The highest BCUT2D eigenvalue weighted by molar-refractivity contribution is 5.82. The number of amides is 1. The molecule has 0 aliphatic carbocycles. The van der Waals surface area contributed by atoms with Crippen LogP contribution in [0, 0.1) is 0 Å². The first-order chi connectivity index (χ1) is 5.25. The number of carbonyl (C=O) groups is 2. The van der Waals surface area contributed by atoms with Crippen molar-refractivity contribution in [1.29, 1.82) is 0 Å². The van der Waals surface area contributed by atoms with E-state index < -0.39 is 24.1 Å². The van der Waals surface area contributed by atoms with Crippen molar-refractivity contribution in [2.45, 2.75) is 19.1 Å². The third-order valence-corrected chi connectivity index (χ3v) is 0.922.